The number of benzene rings is 2. The zero-order valence-corrected chi connectivity index (χ0v) is 10.8. The lowest BCUT2D eigenvalue weighted by molar-refractivity contribution is 0.174. The molecule has 96 valence electrons. The first-order chi connectivity index (χ1) is 9.28. The summed E-state index contributed by atoms with van der Waals surface area (Å²) in [6.45, 7) is 1.72. The second-order valence-electron chi connectivity index (χ2n) is 4.61. The van der Waals surface area contributed by atoms with Crippen molar-refractivity contribution in [2.24, 2.45) is 0 Å². The molecule has 19 heavy (non-hydrogen) atoms. The SMILES string of the molecule is CCc1cccc(B(O)c2ccc3c(c2)OCO3)c1. The Labute approximate surface area is 112 Å². The van der Waals surface area contributed by atoms with Gasteiger partial charge in [-0.05, 0) is 35.0 Å². The Hall–Kier alpha value is -1.94. The molecule has 2 aromatic rings. The highest BCUT2D eigenvalue weighted by Gasteiger charge is 2.21. The summed E-state index contributed by atoms with van der Waals surface area (Å²) in [7, 11) is 0. The third-order valence-electron chi connectivity index (χ3n) is 3.39. The van der Waals surface area contributed by atoms with Crippen molar-refractivity contribution in [3.05, 3.63) is 48.0 Å². The summed E-state index contributed by atoms with van der Waals surface area (Å²) >= 11 is 0. The molecule has 3 nitrogen and oxygen atoms in total. The Balaban J connectivity index is 1.92. The average Bonchev–Trinajstić information content (AvgIpc) is 2.94. The lowest BCUT2D eigenvalue weighted by Crippen LogP contribution is -2.42. The largest absolute Gasteiger partial charge is 0.454 e. The fourth-order valence-electron chi connectivity index (χ4n) is 2.26. The first-order valence-corrected chi connectivity index (χ1v) is 6.44. The predicted octanol–water partition coefficient (Wildman–Crippen LogP) is 1.08. The van der Waals surface area contributed by atoms with Crippen molar-refractivity contribution >= 4 is 17.8 Å². The van der Waals surface area contributed by atoms with Crippen LogP contribution in [0.25, 0.3) is 0 Å². The topological polar surface area (TPSA) is 38.7 Å². The molecule has 4 heteroatoms. The molecule has 1 aliphatic rings. The van der Waals surface area contributed by atoms with E-state index < -0.39 is 6.92 Å². The van der Waals surface area contributed by atoms with Crippen molar-refractivity contribution in [3.8, 4) is 11.5 Å². The summed E-state index contributed by atoms with van der Waals surface area (Å²) < 4.78 is 10.6. The van der Waals surface area contributed by atoms with Gasteiger partial charge in [-0.3, -0.25) is 0 Å². The van der Waals surface area contributed by atoms with Crippen LogP contribution in [0.1, 0.15) is 12.5 Å². The number of hydrogen-bond acceptors (Lipinski definition) is 3. The van der Waals surface area contributed by atoms with Crippen molar-refractivity contribution in [2.45, 2.75) is 13.3 Å². The fourth-order valence-corrected chi connectivity index (χ4v) is 2.26. The molecule has 1 N–H and O–H groups in total. The Kier molecular flexibility index (Phi) is 3.17. The van der Waals surface area contributed by atoms with Crippen LogP contribution in [0.3, 0.4) is 0 Å². The van der Waals surface area contributed by atoms with Gasteiger partial charge >= 0.3 is 6.92 Å². The Morgan fingerprint density at radius 3 is 2.68 bits per heavy atom. The van der Waals surface area contributed by atoms with Gasteiger partial charge in [-0.15, -0.1) is 0 Å². The van der Waals surface area contributed by atoms with Crippen LogP contribution in [0.15, 0.2) is 42.5 Å². The molecule has 2 aromatic carbocycles. The quantitative estimate of drug-likeness (QED) is 0.833. The lowest BCUT2D eigenvalue weighted by atomic mass is 9.55. The molecule has 0 aliphatic carbocycles. The van der Waals surface area contributed by atoms with Gasteiger partial charge in [0.05, 0.1) is 0 Å². The Bertz CT molecular complexity index is 598. The van der Waals surface area contributed by atoms with Gasteiger partial charge in [-0.25, -0.2) is 0 Å². The van der Waals surface area contributed by atoms with E-state index in [0.29, 0.717) is 5.75 Å². The smallest absolute Gasteiger partial charge is 0.359 e. The number of aryl methyl sites for hydroxylation is 1. The second kappa shape index (κ2) is 4.98. The van der Waals surface area contributed by atoms with Crippen molar-refractivity contribution in [2.75, 3.05) is 6.79 Å². The van der Waals surface area contributed by atoms with E-state index in [-0.39, 0.29) is 6.79 Å². The number of rotatable bonds is 3. The summed E-state index contributed by atoms with van der Waals surface area (Å²) in [5.74, 6) is 1.43. The molecule has 1 aliphatic heterocycles. The monoisotopic (exact) mass is 254 g/mol. The minimum atomic E-state index is -0.638. The fraction of sp³-hybridized carbons (Fsp3) is 0.200. The van der Waals surface area contributed by atoms with Gasteiger partial charge in [0.25, 0.3) is 0 Å². The molecule has 0 unspecified atom stereocenters. The van der Waals surface area contributed by atoms with Gasteiger partial charge < -0.3 is 14.5 Å². The van der Waals surface area contributed by atoms with Crippen molar-refractivity contribution in [1.82, 2.24) is 0 Å². The van der Waals surface area contributed by atoms with E-state index in [4.69, 9.17) is 9.47 Å². The Morgan fingerprint density at radius 2 is 1.84 bits per heavy atom. The average molecular weight is 254 g/mol. The van der Waals surface area contributed by atoms with Crippen molar-refractivity contribution < 1.29 is 14.5 Å². The molecule has 0 spiro atoms. The third-order valence-corrected chi connectivity index (χ3v) is 3.39. The maximum atomic E-state index is 10.4. The van der Waals surface area contributed by atoms with E-state index in [0.717, 1.165) is 23.1 Å². The minimum Gasteiger partial charge on any atom is -0.454 e. The highest BCUT2D eigenvalue weighted by atomic mass is 16.7. The summed E-state index contributed by atoms with van der Waals surface area (Å²) in [5.41, 5.74) is 2.94. The summed E-state index contributed by atoms with van der Waals surface area (Å²) in [6.07, 6.45) is 0.960. The first kappa shape index (κ1) is 12.1. The van der Waals surface area contributed by atoms with Crippen LogP contribution in [0.4, 0.5) is 0 Å². The molecule has 0 bridgehead atoms. The highest BCUT2D eigenvalue weighted by molar-refractivity contribution is 6.78. The van der Waals surface area contributed by atoms with Gasteiger partial charge in [0.1, 0.15) is 0 Å². The minimum absolute atomic E-state index is 0.250. The van der Waals surface area contributed by atoms with Crippen molar-refractivity contribution in [3.63, 3.8) is 0 Å². The van der Waals surface area contributed by atoms with Gasteiger partial charge in [0.15, 0.2) is 11.5 Å². The molecule has 0 saturated heterocycles. The van der Waals surface area contributed by atoms with E-state index in [1.54, 1.807) is 0 Å². The summed E-state index contributed by atoms with van der Waals surface area (Å²) in [5, 5.41) is 10.4. The van der Waals surface area contributed by atoms with Crippen LogP contribution < -0.4 is 20.4 Å². The number of fused-ring (bicyclic) bond motifs is 1. The zero-order chi connectivity index (χ0) is 13.2. The standard InChI is InChI=1S/C15H15BO3/c1-2-11-4-3-5-12(8-11)16(17)13-6-7-14-15(9-13)19-10-18-14/h3-9,17H,2,10H2,1H3. The molecule has 0 amide bonds. The normalized spacial score (nSPS) is 12.5. The Morgan fingerprint density at radius 1 is 1.05 bits per heavy atom. The van der Waals surface area contributed by atoms with Crippen LogP contribution in [0, 0.1) is 0 Å². The van der Waals surface area contributed by atoms with Gasteiger partial charge in [-0.1, -0.05) is 37.3 Å². The predicted molar refractivity (Wildman–Crippen MR) is 75.6 cm³/mol. The molecule has 3 rings (SSSR count). The summed E-state index contributed by atoms with van der Waals surface area (Å²) in [4.78, 5) is 0. The van der Waals surface area contributed by atoms with Crippen LogP contribution in [0.5, 0.6) is 11.5 Å². The number of ether oxygens (including phenoxy) is 2. The van der Waals surface area contributed by atoms with Gasteiger partial charge in [-0.2, -0.15) is 0 Å². The molecular formula is C15H15BO3. The van der Waals surface area contributed by atoms with Gasteiger partial charge in [0, 0.05) is 0 Å². The maximum absolute atomic E-state index is 10.4. The van der Waals surface area contributed by atoms with Crippen LogP contribution in [0.2, 0.25) is 0 Å². The van der Waals surface area contributed by atoms with E-state index >= 15 is 0 Å². The van der Waals surface area contributed by atoms with E-state index in [1.165, 1.54) is 5.56 Å². The van der Waals surface area contributed by atoms with Gasteiger partial charge in [0.2, 0.25) is 6.79 Å². The lowest BCUT2D eigenvalue weighted by Gasteiger charge is -2.09. The molecule has 0 radical (unpaired) electrons. The summed E-state index contributed by atoms with van der Waals surface area (Å²) in [6, 6.07) is 13.6. The molecule has 0 atom stereocenters. The van der Waals surface area contributed by atoms with Crippen LogP contribution in [-0.4, -0.2) is 18.7 Å². The van der Waals surface area contributed by atoms with E-state index in [9.17, 15) is 5.02 Å². The molecule has 0 aromatic heterocycles. The van der Waals surface area contributed by atoms with Crippen molar-refractivity contribution in [1.29, 1.82) is 0 Å². The van der Waals surface area contributed by atoms with Crippen LogP contribution >= 0.6 is 0 Å². The molecule has 0 saturated carbocycles. The highest BCUT2D eigenvalue weighted by Crippen LogP contribution is 2.29. The number of hydrogen-bond donors (Lipinski definition) is 1. The third kappa shape index (κ3) is 2.31. The molecule has 1 heterocycles. The first-order valence-electron chi connectivity index (χ1n) is 6.44. The van der Waals surface area contributed by atoms with E-state index in [1.807, 2.05) is 36.4 Å². The van der Waals surface area contributed by atoms with Crippen LogP contribution in [-0.2, 0) is 6.42 Å². The zero-order valence-electron chi connectivity index (χ0n) is 10.8. The maximum Gasteiger partial charge on any atom is 0.359 e. The molecule has 0 fully saturated rings. The second-order valence-corrected chi connectivity index (χ2v) is 4.61. The molecular weight excluding hydrogens is 239 g/mol. The van der Waals surface area contributed by atoms with E-state index in [2.05, 4.69) is 13.0 Å².